The predicted octanol–water partition coefficient (Wildman–Crippen LogP) is 3.67. The number of hydrogen-bond acceptors (Lipinski definition) is 1. The summed E-state index contributed by atoms with van der Waals surface area (Å²) in [5, 5.41) is 9.08. The lowest BCUT2D eigenvalue weighted by Crippen LogP contribution is -2.07. The molecule has 1 unspecified atom stereocenters. The van der Waals surface area contributed by atoms with Gasteiger partial charge in [-0.2, -0.15) is 0 Å². The summed E-state index contributed by atoms with van der Waals surface area (Å²) in [6, 6.07) is 1.27. The number of halogens is 2. The van der Waals surface area contributed by atoms with E-state index in [9.17, 15) is 9.18 Å². The molecule has 4 heteroatoms. The monoisotopic (exact) mass is 244 g/mol. The van der Waals surface area contributed by atoms with E-state index < -0.39 is 5.97 Å². The summed E-state index contributed by atoms with van der Waals surface area (Å²) >= 11 is 5.88. The Kier molecular flexibility index (Phi) is 3.92. The topological polar surface area (TPSA) is 37.3 Å². The number of carboxylic acids is 1. The van der Waals surface area contributed by atoms with Gasteiger partial charge in [0, 0.05) is 5.02 Å². The second-order valence-corrected chi connectivity index (χ2v) is 4.41. The van der Waals surface area contributed by atoms with Crippen LogP contribution in [0.1, 0.15) is 36.0 Å². The highest BCUT2D eigenvalue weighted by Crippen LogP contribution is 2.32. The average Bonchev–Trinajstić information content (AvgIpc) is 2.14. The molecule has 0 spiro atoms. The van der Waals surface area contributed by atoms with Crippen molar-refractivity contribution in [2.24, 2.45) is 0 Å². The van der Waals surface area contributed by atoms with Gasteiger partial charge < -0.3 is 5.11 Å². The molecule has 0 aromatic heterocycles. The summed E-state index contributed by atoms with van der Waals surface area (Å²) in [6.07, 6.45) is -0.0263. The first kappa shape index (κ1) is 13.0. The molecule has 0 amide bonds. The van der Waals surface area contributed by atoms with Crippen molar-refractivity contribution in [3.05, 3.63) is 33.6 Å². The van der Waals surface area contributed by atoms with Crippen molar-refractivity contribution in [1.29, 1.82) is 0 Å². The number of carbonyl (C=O) groups is 1. The molecule has 1 rings (SSSR count). The minimum Gasteiger partial charge on any atom is -0.481 e. The third-order valence-electron chi connectivity index (χ3n) is 2.75. The highest BCUT2D eigenvalue weighted by atomic mass is 35.5. The molecular formula is C12H14ClFO2. The highest BCUT2D eigenvalue weighted by Gasteiger charge is 2.19. The van der Waals surface area contributed by atoms with Crippen LogP contribution in [-0.4, -0.2) is 11.1 Å². The number of aliphatic carboxylic acids is 1. The summed E-state index contributed by atoms with van der Waals surface area (Å²) in [5.41, 5.74) is 1.94. The van der Waals surface area contributed by atoms with Gasteiger partial charge in [-0.05, 0) is 42.5 Å². The zero-order valence-electron chi connectivity index (χ0n) is 9.47. The van der Waals surface area contributed by atoms with Crippen molar-refractivity contribution in [2.75, 3.05) is 0 Å². The van der Waals surface area contributed by atoms with Crippen molar-refractivity contribution in [3.8, 4) is 0 Å². The molecule has 0 aliphatic rings. The van der Waals surface area contributed by atoms with E-state index in [-0.39, 0.29) is 18.2 Å². The normalized spacial score (nSPS) is 12.6. The molecule has 0 aliphatic heterocycles. The van der Waals surface area contributed by atoms with Gasteiger partial charge in [-0.25, -0.2) is 4.39 Å². The second kappa shape index (κ2) is 4.83. The number of carboxylic acid groups (broad SMARTS) is 1. The maximum absolute atomic E-state index is 13.5. The second-order valence-electron chi connectivity index (χ2n) is 4.00. The predicted molar refractivity (Wildman–Crippen MR) is 61.6 cm³/mol. The van der Waals surface area contributed by atoms with Crippen LogP contribution in [0.3, 0.4) is 0 Å². The van der Waals surface area contributed by atoms with Crippen LogP contribution in [0.5, 0.6) is 0 Å². The largest absolute Gasteiger partial charge is 0.481 e. The molecule has 1 aromatic carbocycles. The van der Waals surface area contributed by atoms with E-state index in [1.807, 2.05) is 0 Å². The van der Waals surface area contributed by atoms with Gasteiger partial charge in [-0.3, -0.25) is 4.79 Å². The molecule has 0 fully saturated rings. The Hall–Kier alpha value is -1.09. The molecular weight excluding hydrogens is 231 g/mol. The van der Waals surface area contributed by atoms with Crippen molar-refractivity contribution < 1.29 is 14.3 Å². The van der Waals surface area contributed by atoms with Crippen molar-refractivity contribution in [3.63, 3.8) is 0 Å². The van der Waals surface area contributed by atoms with Crippen LogP contribution >= 0.6 is 11.6 Å². The summed E-state index contributed by atoms with van der Waals surface area (Å²) in [4.78, 5) is 10.6. The Bertz CT molecular complexity index is 403. The van der Waals surface area contributed by atoms with Crippen molar-refractivity contribution in [1.82, 2.24) is 0 Å². The molecule has 0 radical (unpaired) electrons. The SMILES string of the molecule is Cc1c(F)cc(Cl)c(C)c1C(C)CC(=O)O. The lowest BCUT2D eigenvalue weighted by molar-refractivity contribution is -0.137. The van der Waals surface area contributed by atoms with Crippen LogP contribution in [-0.2, 0) is 4.79 Å². The summed E-state index contributed by atoms with van der Waals surface area (Å²) in [6.45, 7) is 5.19. The third kappa shape index (κ3) is 2.53. The number of hydrogen-bond donors (Lipinski definition) is 1. The third-order valence-corrected chi connectivity index (χ3v) is 3.14. The van der Waals surface area contributed by atoms with Gasteiger partial charge in [0.25, 0.3) is 0 Å². The zero-order chi connectivity index (χ0) is 12.5. The van der Waals surface area contributed by atoms with Gasteiger partial charge in [-0.15, -0.1) is 0 Å². The zero-order valence-corrected chi connectivity index (χ0v) is 10.2. The van der Waals surface area contributed by atoms with E-state index in [1.165, 1.54) is 6.07 Å². The molecule has 0 aliphatic carbocycles. The van der Waals surface area contributed by atoms with Gasteiger partial charge in [0.15, 0.2) is 0 Å². The van der Waals surface area contributed by atoms with Gasteiger partial charge in [0.05, 0.1) is 6.42 Å². The Balaban J connectivity index is 3.26. The quantitative estimate of drug-likeness (QED) is 0.881. The molecule has 1 N–H and O–H groups in total. The Morgan fingerprint density at radius 2 is 2.06 bits per heavy atom. The van der Waals surface area contributed by atoms with E-state index >= 15 is 0 Å². The van der Waals surface area contributed by atoms with Gasteiger partial charge in [-0.1, -0.05) is 18.5 Å². The fourth-order valence-electron chi connectivity index (χ4n) is 1.97. The first-order valence-electron chi connectivity index (χ1n) is 5.01. The van der Waals surface area contributed by atoms with Crippen LogP contribution in [0.15, 0.2) is 6.07 Å². The van der Waals surface area contributed by atoms with Gasteiger partial charge in [0.2, 0.25) is 0 Å². The smallest absolute Gasteiger partial charge is 0.303 e. The molecule has 2 nitrogen and oxygen atoms in total. The Labute approximate surface area is 99.0 Å². The van der Waals surface area contributed by atoms with Crippen LogP contribution in [0.4, 0.5) is 4.39 Å². The van der Waals surface area contributed by atoms with Gasteiger partial charge in [0.1, 0.15) is 5.82 Å². The molecule has 0 saturated heterocycles. The molecule has 0 heterocycles. The first-order chi connectivity index (χ1) is 7.34. The lowest BCUT2D eigenvalue weighted by Gasteiger charge is -2.17. The number of benzene rings is 1. The average molecular weight is 245 g/mol. The van der Waals surface area contributed by atoms with Crippen LogP contribution in [0.2, 0.25) is 5.02 Å². The van der Waals surface area contributed by atoms with E-state index in [2.05, 4.69) is 0 Å². The Morgan fingerprint density at radius 1 is 1.50 bits per heavy atom. The minimum absolute atomic E-state index is 0.0263. The van der Waals surface area contributed by atoms with E-state index in [1.54, 1.807) is 20.8 Å². The summed E-state index contributed by atoms with van der Waals surface area (Å²) < 4.78 is 13.5. The molecule has 16 heavy (non-hydrogen) atoms. The van der Waals surface area contributed by atoms with E-state index in [0.717, 1.165) is 5.56 Å². The molecule has 1 aromatic rings. The molecule has 0 bridgehead atoms. The summed E-state index contributed by atoms with van der Waals surface area (Å²) in [7, 11) is 0. The summed E-state index contributed by atoms with van der Waals surface area (Å²) in [5.74, 6) is -1.53. The number of rotatable bonds is 3. The standard InChI is InChI=1S/C12H14ClFO2/c1-6(4-11(15)16)12-7(2)9(13)5-10(14)8(12)3/h5-6H,4H2,1-3H3,(H,15,16). The fraction of sp³-hybridized carbons (Fsp3) is 0.417. The fourth-order valence-corrected chi connectivity index (χ4v) is 2.17. The minimum atomic E-state index is -0.897. The highest BCUT2D eigenvalue weighted by molar-refractivity contribution is 6.31. The van der Waals surface area contributed by atoms with Crippen LogP contribution in [0.25, 0.3) is 0 Å². The van der Waals surface area contributed by atoms with E-state index in [0.29, 0.717) is 16.1 Å². The maximum Gasteiger partial charge on any atom is 0.303 e. The molecule has 1 atom stereocenters. The lowest BCUT2D eigenvalue weighted by atomic mass is 9.89. The molecule has 0 saturated carbocycles. The maximum atomic E-state index is 13.5. The van der Waals surface area contributed by atoms with Crippen LogP contribution in [0, 0.1) is 19.7 Å². The molecule has 88 valence electrons. The van der Waals surface area contributed by atoms with Crippen molar-refractivity contribution in [2.45, 2.75) is 33.1 Å². The van der Waals surface area contributed by atoms with E-state index in [4.69, 9.17) is 16.7 Å². The van der Waals surface area contributed by atoms with Crippen LogP contribution < -0.4 is 0 Å². The van der Waals surface area contributed by atoms with Gasteiger partial charge >= 0.3 is 5.97 Å². The first-order valence-corrected chi connectivity index (χ1v) is 5.39. The van der Waals surface area contributed by atoms with Crippen molar-refractivity contribution >= 4 is 17.6 Å². The Morgan fingerprint density at radius 3 is 2.56 bits per heavy atom.